The Morgan fingerprint density at radius 2 is 2.00 bits per heavy atom. The molecule has 0 aliphatic carbocycles. The molecule has 3 rings (SSSR count). The van der Waals surface area contributed by atoms with Crippen LogP contribution in [0.3, 0.4) is 0 Å². The maximum atomic E-state index is 13.7. The number of para-hydroxylation sites is 1. The molecule has 2 aromatic rings. The molecule has 200 valence electrons. The summed E-state index contributed by atoms with van der Waals surface area (Å²) in [6, 6.07) is 8.00. The number of aromatic amines is 1. The Hall–Kier alpha value is -2.91. The number of ether oxygens (including phenoxy) is 2. The van der Waals surface area contributed by atoms with Crippen molar-refractivity contribution < 1.29 is 33.0 Å². The van der Waals surface area contributed by atoms with Crippen LogP contribution in [0.25, 0.3) is 0 Å². The first kappa shape index (κ1) is 28.7. The van der Waals surface area contributed by atoms with Gasteiger partial charge in [-0.25, -0.2) is 9.36 Å². The largest absolute Gasteiger partial charge is 0.462 e. The second kappa shape index (κ2) is 11.6. The fourth-order valence-corrected chi connectivity index (χ4v) is 5.23. The highest BCUT2D eigenvalue weighted by Gasteiger charge is 2.56. The number of benzene rings is 1. The van der Waals surface area contributed by atoms with E-state index in [1.807, 2.05) is 4.98 Å². The molecule has 1 fully saturated rings. The smallest absolute Gasteiger partial charge is 0.459 e. The molecule has 2 heterocycles. The number of carbonyl (C=O) groups is 1. The quantitative estimate of drug-likeness (QED) is 0.170. The molecule has 12 nitrogen and oxygen atoms in total. The van der Waals surface area contributed by atoms with Gasteiger partial charge in [0, 0.05) is 12.3 Å². The topological polar surface area (TPSA) is 158 Å². The number of aromatic nitrogens is 2. The summed E-state index contributed by atoms with van der Waals surface area (Å²) >= 11 is 6.47. The van der Waals surface area contributed by atoms with Crippen molar-refractivity contribution in [2.45, 2.75) is 56.2 Å². The van der Waals surface area contributed by atoms with E-state index < -0.39 is 67.0 Å². The Balaban J connectivity index is 1.84. The zero-order chi connectivity index (χ0) is 27.4. The van der Waals surface area contributed by atoms with E-state index in [-0.39, 0.29) is 5.75 Å². The third-order valence-corrected chi connectivity index (χ3v) is 7.37. The minimum atomic E-state index is -4.28. The highest BCUT2D eigenvalue weighted by atomic mass is 35.5. The number of rotatable bonds is 10. The molecule has 1 aliphatic heterocycles. The van der Waals surface area contributed by atoms with Gasteiger partial charge in [0.05, 0.1) is 12.7 Å². The van der Waals surface area contributed by atoms with Crippen LogP contribution in [0.15, 0.2) is 52.2 Å². The van der Waals surface area contributed by atoms with Crippen LogP contribution < -0.4 is 20.9 Å². The van der Waals surface area contributed by atoms with Gasteiger partial charge in [-0.2, -0.15) is 5.09 Å². The molecule has 3 N–H and O–H groups in total. The molecule has 37 heavy (non-hydrogen) atoms. The fraction of sp³-hybridized carbons (Fsp3) is 0.435. The van der Waals surface area contributed by atoms with Gasteiger partial charge in [-0.1, -0.05) is 35.7 Å². The molecule has 0 radical (unpaired) electrons. The van der Waals surface area contributed by atoms with Crippen molar-refractivity contribution in [3.63, 3.8) is 0 Å². The molecule has 1 aromatic heterocycles. The van der Waals surface area contributed by atoms with Gasteiger partial charge in [-0.3, -0.25) is 23.7 Å². The number of esters is 1. The Morgan fingerprint density at radius 3 is 2.59 bits per heavy atom. The summed E-state index contributed by atoms with van der Waals surface area (Å²) in [4.78, 5) is 36.1. The summed E-state index contributed by atoms with van der Waals surface area (Å²) < 4.78 is 36.5. The number of hydrogen-bond acceptors (Lipinski definition) is 9. The zero-order valence-corrected chi connectivity index (χ0v) is 21.8. The lowest BCUT2D eigenvalue weighted by Crippen LogP contribution is -2.44. The molecule has 0 amide bonds. The second-order valence-electron chi connectivity index (χ2n) is 8.44. The summed E-state index contributed by atoms with van der Waals surface area (Å²) in [6.45, 7) is 4.16. The van der Waals surface area contributed by atoms with Crippen LogP contribution in [0.4, 0.5) is 0 Å². The molecule has 0 saturated carbocycles. The van der Waals surface area contributed by atoms with Crippen molar-refractivity contribution in [2.75, 3.05) is 6.61 Å². The summed E-state index contributed by atoms with van der Waals surface area (Å²) in [5.41, 5.74) is -1.53. The van der Waals surface area contributed by atoms with Crippen molar-refractivity contribution >= 4 is 25.3 Å². The number of H-pyrrole nitrogens is 1. The van der Waals surface area contributed by atoms with E-state index in [9.17, 15) is 24.1 Å². The van der Waals surface area contributed by atoms with Gasteiger partial charge in [0.25, 0.3) is 5.56 Å². The lowest BCUT2D eigenvalue weighted by atomic mass is 9.99. The van der Waals surface area contributed by atoms with Crippen LogP contribution in [0, 0.1) is 12.3 Å². The van der Waals surface area contributed by atoms with Crippen molar-refractivity contribution in [2.24, 2.45) is 0 Å². The third-order valence-electron chi connectivity index (χ3n) is 5.21. The minimum absolute atomic E-state index is 0.170. The van der Waals surface area contributed by atoms with Crippen molar-refractivity contribution in [3.8, 4) is 18.1 Å². The monoisotopic (exact) mass is 555 g/mol. The van der Waals surface area contributed by atoms with Crippen LogP contribution in [0.1, 0.15) is 27.0 Å². The van der Waals surface area contributed by atoms with Crippen LogP contribution in [0.5, 0.6) is 5.75 Å². The van der Waals surface area contributed by atoms with Crippen LogP contribution in [-0.2, 0) is 23.4 Å². The molecule has 1 aliphatic rings. The molecule has 1 unspecified atom stereocenters. The number of alkyl halides is 1. The summed E-state index contributed by atoms with van der Waals surface area (Å²) in [5, 5.41) is 13.4. The third kappa shape index (κ3) is 6.70. The fourth-order valence-electron chi connectivity index (χ4n) is 3.43. The number of halogens is 1. The van der Waals surface area contributed by atoms with Gasteiger partial charge in [0.15, 0.2) is 11.1 Å². The summed E-state index contributed by atoms with van der Waals surface area (Å²) in [7, 11) is -4.28. The van der Waals surface area contributed by atoms with E-state index >= 15 is 0 Å². The number of carbonyl (C=O) groups excluding carboxylic acids is 1. The molecule has 0 spiro atoms. The number of aliphatic hydroxyl groups is 1. The predicted molar refractivity (Wildman–Crippen MR) is 133 cm³/mol. The number of nitrogens with zero attached hydrogens (tertiary/aromatic N) is 1. The Labute approximate surface area is 217 Å². The van der Waals surface area contributed by atoms with E-state index in [2.05, 4.69) is 11.0 Å². The maximum absolute atomic E-state index is 13.7. The van der Waals surface area contributed by atoms with E-state index in [0.29, 0.717) is 0 Å². The lowest BCUT2D eigenvalue weighted by molar-refractivity contribution is -0.149. The van der Waals surface area contributed by atoms with Gasteiger partial charge in [0.2, 0.25) is 0 Å². The van der Waals surface area contributed by atoms with Gasteiger partial charge in [0.1, 0.15) is 24.0 Å². The first-order valence-corrected chi connectivity index (χ1v) is 13.1. The number of nitrogens with one attached hydrogen (secondary N) is 2. The van der Waals surface area contributed by atoms with Crippen molar-refractivity contribution in [3.05, 3.63) is 63.4 Å². The summed E-state index contributed by atoms with van der Waals surface area (Å²) in [5.74, 6) is 1.69. The van der Waals surface area contributed by atoms with Gasteiger partial charge in [-0.05, 0) is 32.9 Å². The Bertz CT molecular complexity index is 1310. The molecule has 1 saturated heterocycles. The normalized spacial score (nSPS) is 25.7. The minimum Gasteiger partial charge on any atom is -0.462 e. The van der Waals surface area contributed by atoms with Gasteiger partial charge < -0.3 is 19.1 Å². The average Bonchev–Trinajstić information content (AvgIpc) is 3.08. The second-order valence-corrected chi connectivity index (χ2v) is 10.8. The van der Waals surface area contributed by atoms with Gasteiger partial charge >= 0.3 is 19.4 Å². The molecular weight excluding hydrogens is 529 g/mol. The zero-order valence-electron chi connectivity index (χ0n) is 20.2. The first-order chi connectivity index (χ1) is 17.4. The maximum Gasteiger partial charge on any atom is 0.459 e. The van der Waals surface area contributed by atoms with Crippen LogP contribution >= 0.6 is 19.3 Å². The molecule has 0 bridgehead atoms. The lowest BCUT2D eigenvalue weighted by Gasteiger charge is -2.26. The van der Waals surface area contributed by atoms with E-state index in [0.717, 1.165) is 16.8 Å². The number of hydrogen-bond donors (Lipinski definition) is 3. The van der Waals surface area contributed by atoms with Crippen LogP contribution in [0.2, 0.25) is 0 Å². The Morgan fingerprint density at radius 1 is 1.32 bits per heavy atom. The Kier molecular flexibility index (Phi) is 9.02. The van der Waals surface area contributed by atoms with E-state index in [1.54, 1.807) is 32.0 Å². The molecule has 14 heteroatoms. The molecular formula is C23H27ClN3O9P. The van der Waals surface area contributed by atoms with E-state index in [1.165, 1.54) is 19.1 Å². The van der Waals surface area contributed by atoms with Crippen molar-refractivity contribution in [1.29, 1.82) is 0 Å². The first-order valence-electron chi connectivity index (χ1n) is 11.2. The predicted octanol–water partition coefficient (Wildman–Crippen LogP) is 1.54. The van der Waals surface area contributed by atoms with Crippen LogP contribution in [-0.4, -0.2) is 56.5 Å². The number of aliphatic hydroxyl groups excluding tert-OH is 1. The summed E-state index contributed by atoms with van der Waals surface area (Å²) in [6.07, 6.45) is 1.96. The molecule has 6 atom stereocenters. The highest BCUT2D eigenvalue weighted by molar-refractivity contribution is 7.52. The van der Waals surface area contributed by atoms with Gasteiger partial charge in [-0.15, -0.1) is 6.42 Å². The van der Waals surface area contributed by atoms with E-state index in [4.69, 9.17) is 36.5 Å². The SMILES string of the molecule is C#C[C@@]1(Cl)C(O)[C@@H](CO[P@@](=O)(N[C@@H](C)C(=O)OC(C)C)Oc2ccccc2)O[C@H]1n1ccc(=O)[nH]c1=O. The standard InChI is InChI=1S/C23H27ClN3O9P/c1-5-23(24)19(29)17(35-21(23)27-12-11-18(28)25-22(27)31)13-33-37(32,36-16-9-7-6-8-10-16)26-15(4)20(30)34-14(2)3/h1,6-12,14-15,17,19,21,29H,13H2,2-4H3,(H,26,32)(H,25,28,31)/t15-,17+,19?,21+,23+,37-/m0/s1. The number of terminal acetylenes is 1. The van der Waals surface area contributed by atoms with Crippen molar-refractivity contribution in [1.82, 2.24) is 14.6 Å². The molecule has 1 aromatic carbocycles. The average molecular weight is 556 g/mol. The highest BCUT2D eigenvalue weighted by Crippen LogP contribution is 2.48.